The summed E-state index contributed by atoms with van der Waals surface area (Å²) in [6.45, 7) is 5.58. The van der Waals surface area contributed by atoms with Gasteiger partial charge < -0.3 is 42.8 Å². The number of benzene rings is 2. The van der Waals surface area contributed by atoms with Crippen LogP contribution in [0.25, 0.3) is 0 Å². The number of esters is 2. The largest absolute Gasteiger partial charge is 0.588 e. The number of carbonyl (C=O) groups is 4. The highest BCUT2D eigenvalue weighted by molar-refractivity contribution is 9.09. The van der Waals surface area contributed by atoms with Crippen LogP contribution < -0.4 is 14.4 Å². The predicted molar refractivity (Wildman–Crippen MR) is 298 cm³/mol. The van der Waals surface area contributed by atoms with E-state index in [2.05, 4.69) is 35.1 Å². The number of unbranched alkanes of at least 4 members (excludes halogenated alkanes) is 16. The highest BCUT2D eigenvalue weighted by Crippen LogP contribution is 2.53. The van der Waals surface area contributed by atoms with Crippen LogP contribution in [0.4, 0.5) is 9.59 Å². The molecule has 0 aromatic heterocycles. The smallest absolute Gasteiger partial charge is 0.462 e. The lowest BCUT2D eigenvalue weighted by molar-refractivity contribution is -0.194. The lowest BCUT2D eigenvalue weighted by Crippen LogP contribution is -2.64. The molecule has 1 fully saturated rings. The number of phosphoric acid groups is 1. The van der Waals surface area contributed by atoms with Gasteiger partial charge in [-0.15, -0.1) is 0 Å². The van der Waals surface area contributed by atoms with Crippen molar-refractivity contribution >= 4 is 118 Å². The number of rotatable bonds is 35. The average molecular weight is 1260 g/mol. The summed E-state index contributed by atoms with van der Waals surface area (Å²) in [5, 5.41) is 1.24. The second-order valence-electron chi connectivity index (χ2n) is 18.9. The third-order valence-corrected chi connectivity index (χ3v) is 15.8. The van der Waals surface area contributed by atoms with E-state index in [1.165, 1.54) is 89.5 Å². The molecule has 0 spiro atoms. The van der Waals surface area contributed by atoms with Gasteiger partial charge in [-0.3, -0.25) is 14.1 Å². The molecule has 0 saturated carbocycles. The monoisotopic (exact) mass is 1260 g/mol. The van der Waals surface area contributed by atoms with Crippen molar-refractivity contribution in [1.82, 2.24) is 5.32 Å². The van der Waals surface area contributed by atoms with Crippen molar-refractivity contribution in [2.75, 3.05) is 13.2 Å². The Labute approximate surface area is 482 Å². The van der Waals surface area contributed by atoms with Gasteiger partial charge in [0.25, 0.3) is 0 Å². The van der Waals surface area contributed by atoms with Gasteiger partial charge in [0.15, 0.2) is 11.7 Å². The normalized spacial score (nSPS) is 18.6. The van der Waals surface area contributed by atoms with Crippen molar-refractivity contribution < 1.29 is 65.7 Å². The van der Waals surface area contributed by atoms with E-state index in [1.807, 2.05) is 0 Å². The van der Waals surface area contributed by atoms with Crippen molar-refractivity contribution in [1.29, 1.82) is 0 Å². The van der Waals surface area contributed by atoms with E-state index >= 15 is 4.57 Å². The van der Waals surface area contributed by atoms with Crippen LogP contribution in [0.3, 0.4) is 0 Å². The molecule has 6 atom stereocenters. The van der Waals surface area contributed by atoms with E-state index < -0.39 is 100 Å². The molecule has 0 unspecified atom stereocenters. The molecule has 0 aliphatic carbocycles. The zero-order chi connectivity index (χ0) is 55.3. The summed E-state index contributed by atoms with van der Waals surface area (Å²) in [5.74, 6) is -1.28. The molecule has 2 aromatic rings. The van der Waals surface area contributed by atoms with Crippen molar-refractivity contribution in [2.24, 2.45) is 0 Å². The summed E-state index contributed by atoms with van der Waals surface area (Å²) in [4.78, 5) is 54.6. The molecule has 75 heavy (non-hydrogen) atoms. The first-order valence-electron chi connectivity index (χ1n) is 25.9. The van der Waals surface area contributed by atoms with E-state index in [-0.39, 0.29) is 17.9 Å². The minimum atomic E-state index is -4.95. The Hall–Kier alpha value is -2.11. The molecule has 426 valence electrons. The summed E-state index contributed by atoms with van der Waals surface area (Å²) in [7, 11) is -4.95. The van der Waals surface area contributed by atoms with Gasteiger partial charge in [0.1, 0.15) is 54.1 Å². The van der Waals surface area contributed by atoms with Crippen LogP contribution in [-0.2, 0) is 47.1 Å². The van der Waals surface area contributed by atoms with Crippen LogP contribution in [0.15, 0.2) is 60.7 Å². The van der Waals surface area contributed by atoms with Gasteiger partial charge >= 0.3 is 32.0 Å². The number of phosphoric ester groups is 1. The summed E-state index contributed by atoms with van der Waals surface area (Å²) in [6, 6.07) is 14.4. The maximum Gasteiger partial charge on any atom is 0.588 e. The van der Waals surface area contributed by atoms with Gasteiger partial charge in [-0.05, 0) is 57.4 Å². The molecular weight excluding hydrogens is 1190 g/mol. The standard InChI is InChI=1S/C52H75BrCl6NO14P/c1-5-7-9-11-13-15-17-19-23-33-40(68-42(61)34-28-20-18-16-14-12-10-8-6-2)35-43(62)70-46-44(60-48(63)67-37-51(54,55)56)47(53)69-41(36-66-49(64)71-50(3,4)52(57,58)59)45(46)74-75(65,72-38-29-24-21-25-30-38)73-39-31-26-22-27-32-39/h21-22,24-27,29-32,40-41,44-47H,5-20,23,28,33-37H2,1-4H3,(H,60,63)/t40-,41-,44-,45-,46-,47+/m1/s1. The zero-order valence-corrected chi connectivity index (χ0v) is 50.3. The highest BCUT2D eigenvalue weighted by atomic mass is 79.9. The number of halogens is 7. The fraction of sp³-hybridized carbons (Fsp3) is 0.692. The Kier molecular flexibility index (Phi) is 31.8. The lowest BCUT2D eigenvalue weighted by atomic mass is 9.97. The maximum atomic E-state index is 15.1. The molecule has 15 nitrogen and oxygen atoms in total. The van der Waals surface area contributed by atoms with Crippen LogP contribution in [0.2, 0.25) is 0 Å². The van der Waals surface area contributed by atoms with E-state index in [1.54, 1.807) is 36.4 Å². The topological polar surface area (TPSA) is 180 Å². The van der Waals surface area contributed by atoms with Gasteiger partial charge in [0.2, 0.25) is 7.59 Å². The number of nitrogens with one attached hydrogen (secondary N) is 1. The van der Waals surface area contributed by atoms with Gasteiger partial charge in [-0.25, -0.2) is 14.2 Å². The molecule has 1 heterocycles. The second kappa shape index (κ2) is 35.5. The Morgan fingerprint density at radius 3 is 1.67 bits per heavy atom. The first-order chi connectivity index (χ1) is 35.5. The molecule has 1 N–H and O–H groups in total. The van der Waals surface area contributed by atoms with Gasteiger partial charge in [0.05, 0.1) is 6.42 Å². The van der Waals surface area contributed by atoms with Crippen molar-refractivity contribution in [3.8, 4) is 11.5 Å². The van der Waals surface area contributed by atoms with E-state index in [0.717, 1.165) is 51.4 Å². The Morgan fingerprint density at radius 1 is 0.680 bits per heavy atom. The number of carbonyl (C=O) groups excluding carboxylic acids is 4. The molecule has 0 bridgehead atoms. The maximum absolute atomic E-state index is 15.1. The molecule has 23 heteroatoms. The van der Waals surface area contributed by atoms with E-state index in [9.17, 15) is 19.2 Å². The fourth-order valence-electron chi connectivity index (χ4n) is 7.74. The third-order valence-electron chi connectivity index (χ3n) is 11.9. The second-order valence-corrected chi connectivity index (χ2v) is 26.0. The zero-order valence-electron chi connectivity index (χ0n) is 43.3. The van der Waals surface area contributed by atoms with Crippen LogP contribution in [0.1, 0.15) is 163 Å². The molecule has 1 aliphatic rings. The Morgan fingerprint density at radius 2 is 1.17 bits per heavy atom. The number of para-hydroxylation sites is 2. The number of alkyl halides is 7. The van der Waals surface area contributed by atoms with Crippen molar-refractivity contribution in [2.45, 2.75) is 211 Å². The summed E-state index contributed by atoms with van der Waals surface area (Å²) < 4.78 is 63.7. The fourth-order valence-corrected chi connectivity index (χ4v) is 10.2. The average Bonchev–Trinajstić information content (AvgIpc) is 3.33. The Balaban J connectivity index is 2.02. The van der Waals surface area contributed by atoms with Crippen molar-refractivity contribution in [3.63, 3.8) is 0 Å². The first-order valence-corrected chi connectivity index (χ1v) is 30.6. The number of hydrogen-bond acceptors (Lipinski definition) is 14. The highest BCUT2D eigenvalue weighted by Gasteiger charge is 2.54. The summed E-state index contributed by atoms with van der Waals surface area (Å²) in [6.07, 6.45) is 10.6. The third kappa shape index (κ3) is 28.0. The minimum absolute atomic E-state index is 0.0410. The van der Waals surface area contributed by atoms with Crippen LogP contribution in [-0.4, -0.2) is 86.1 Å². The summed E-state index contributed by atoms with van der Waals surface area (Å²) in [5.41, 5.74) is -1.71. The number of alkyl carbamates (subject to hydrolysis) is 1. The molecule has 1 saturated heterocycles. The molecule has 1 aliphatic heterocycles. The van der Waals surface area contributed by atoms with Gasteiger partial charge in [0, 0.05) is 6.42 Å². The predicted octanol–water partition coefficient (Wildman–Crippen LogP) is 16.6. The molecule has 2 aromatic carbocycles. The van der Waals surface area contributed by atoms with Crippen LogP contribution in [0, 0.1) is 0 Å². The lowest BCUT2D eigenvalue weighted by Gasteiger charge is -2.44. The molecule has 1 amide bonds. The van der Waals surface area contributed by atoms with E-state index in [4.69, 9.17) is 112 Å². The molecule has 0 radical (unpaired) electrons. The molecular formula is C52H75BrCl6NO14P. The number of ether oxygens (including phenoxy) is 6. The quantitative estimate of drug-likeness (QED) is 0.0226. The minimum Gasteiger partial charge on any atom is -0.462 e. The van der Waals surface area contributed by atoms with Crippen molar-refractivity contribution in [3.05, 3.63) is 60.7 Å². The van der Waals surface area contributed by atoms with Gasteiger partial charge in [-0.2, -0.15) is 0 Å². The number of hydrogen-bond donors (Lipinski definition) is 1. The Bertz CT molecular complexity index is 1960. The van der Waals surface area contributed by atoms with Crippen LogP contribution >= 0.6 is 93.4 Å². The number of amides is 1. The van der Waals surface area contributed by atoms with Crippen LogP contribution in [0.5, 0.6) is 11.5 Å². The molecule has 3 rings (SSSR count). The van der Waals surface area contributed by atoms with E-state index in [0.29, 0.717) is 19.3 Å². The SMILES string of the molecule is CCCCCCCCCCCC(=O)O[C@H](CCCCCCCCCCC)CC(=O)O[C@@H]1[C@@H](NC(=O)OCC(Cl)(Cl)Cl)[C@@H](Br)O[C@H](COC(=O)OC(C)(C)C(Cl)(Cl)Cl)[C@H]1OP(=O)(Oc1ccccc1)Oc1ccccc1. The van der Waals surface area contributed by atoms with Gasteiger partial charge in [-0.1, -0.05) is 239 Å². The first kappa shape index (κ1) is 67.2. The summed E-state index contributed by atoms with van der Waals surface area (Å²) >= 11 is 39.3.